The second kappa shape index (κ2) is 6.81. The first kappa shape index (κ1) is 14.2. The zero-order valence-corrected chi connectivity index (χ0v) is 12.7. The molecule has 0 aromatic heterocycles. The van der Waals surface area contributed by atoms with E-state index in [1.807, 2.05) is 30.3 Å². The Morgan fingerprint density at radius 3 is 1.86 bits per heavy atom. The first-order valence-electron chi connectivity index (χ1n) is 7.55. The number of benzene rings is 3. The molecule has 2 heteroatoms. The Hall–Kier alpha value is -2.74. The molecular formula is C20H20N2. The van der Waals surface area contributed by atoms with E-state index in [1.165, 1.54) is 5.56 Å². The first-order chi connectivity index (χ1) is 10.8. The molecule has 2 nitrogen and oxygen atoms in total. The minimum atomic E-state index is 0.250. The molecule has 0 aliphatic carbocycles. The van der Waals surface area contributed by atoms with Crippen molar-refractivity contribution in [2.24, 2.45) is 0 Å². The zero-order valence-electron chi connectivity index (χ0n) is 12.7. The lowest BCUT2D eigenvalue weighted by atomic mass is 10.1. The van der Waals surface area contributed by atoms with Crippen LogP contribution >= 0.6 is 0 Å². The number of para-hydroxylation sites is 3. The highest BCUT2D eigenvalue weighted by atomic mass is 15.0. The van der Waals surface area contributed by atoms with Gasteiger partial charge in [-0.25, -0.2) is 0 Å². The smallest absolute Gasteiger partial charge is 0.0620 e. The standard InChI is InChI=1S/C20H20N2/c1-16(17-10-4-2-5-11-17)21-19-14-8-9-15-20(19)22-18-12-6-3-7-13-18/h2-16,21-22H,1H3/t16-/m0/s1. The van der Waals surface area contributed by atoms with Crippen molar-refractivity contribution in [1.82, 2.24) is 0 Å². The Labute approximate surface area is 131 Å². The van der Waals surface area contributed by atoms with Crippen molar-refractivity contribution < 1.29 is 0 Å². The van der Waals surface area contributed by atoms with Gasteiger partial charge in [0.15, 0.2) is 0 Å². The van der Waals surface area contributed by atoms with Gasteiger partial charge in [-0.2, -0.15) is 0 Å². The monoisotopic (exact) mass is 288 g/mol. The van der Waals surface area contributed by atoms with Gasteiger partial charge in [-0.3, -0.25) is 0 Å². The quantitative estimate of drug-likeness (QED) is 0.638. The van der Waals surface area contributed by atoms with E-state index < -0.39 is 0 Å². The fraction of sp³-hybridized carbons (Fsp3) is 0.100. The maximum Gasteiger partial charge on any atom is 0.0620 e. The van der Waals surface area contributed by atoms with Crippen molar-refractivity contribution >= 4 is 17.1 Å². The molecule has 0 saturated carbocycles. The summed E-state index contributed by atoms with van der Waals surface area (Å²) in [5.74, 6) is 0. The maximum atomic E-state index is 3.58. The summed E-state index contributed by atoms with van der Waals surface area (Å²) in [6.45, 7) is 2.18. The van der Waals surface area contributed by atoms with E-state index in [1.54, 1.807) is 0 Å². The predicted molar refractivity (Wildman–Crippen MR) is 94.6 cm³/mol. The van der Waals surface area contributed by atoms with E-state index in [0.29, 0.717) is 0 Å². The molecule has 0 saturated heterocycles. The first-order valence-corrected chi connectivity index (χ1v) is 7.55. The van der Waals surface area contributed by atoms with Crippen molar-refractivity contribution in [3.63, 3.8) is 0 Å². The molecule has 0 aliphatic rings. The molecule has 0 radical (unpaired) electrons. The Morgan fingerprint density at radius 1 is 0.636 bits per heavy atom. The summed E-state index contributed by atoms with van der Waals surface area (Å²) >= 11 is 0. The minimum absolute atomic E-state index is 0.250. The number of nitrogens with one attached hydrogen (secondary N) is 2. The van der Waals surface area contributed by atoms with E-state index in [0.717, 1.165) is 17.1 Å². The van der Waals surface area contributed by atoms with Crippen molar-refractivity contribution in [2.45, 2.75) is 13.0 Å². The van der Waals surface area contributed by atoms with Crippen LogP contribution in [0.3, 0.4) is 0 Å². The third kappa shape index (κ3) is 3.47. The van der Waals surface area contributed by atoms with Crippen LogP contribution in [-0.2, 0) is 0 Å². The van der Waals surface area contributed by atoms with E-state index in [9.17, 15) is 0 Å². The van der Waals surface area contributed by atoms with E-state index in [2.05, 4.69) is 72.2 Å². The van der Waals surface area contributed by atoms with Crippen LogP contribution in [0.2, 0.25) is 0 Å². The summed E-state index contributed by atoms with van der Waals surface area (Å²) in [6, 6.07) is 29.2. The van der Waals surface area contributed by atoms with Gasteiger partial charge in [0.1, 0.15) is 0 Å². The fourth-order valence-electron chi connectivity index (χ4n) is 2.45. The maximum absolute atomic E-state index is 3.58. The lowest BCUT2D eigenvalue weighted by Crippen LogP contribution is -2.08. The van der Waals surface area contributed by atoms with Crippen LogP contribution in [0.5, 0.6) is 0 Å². The van der Waals surface area contributed by atoms with Gasteiger partial charge < -0.3 is 10.6 Å². The summed E-state index contributed by atoms with van der Waals surface area (Å²) in [5, 5.41) is 7.05. The van der Waals surface area contributed by atoms with Gasteiger partial charge in [-0.1, -0.05) is 60.7 Å². The van der Waals surface area contributed by atoms with Crippen molar-refractivity contribution in [2.75, 3.05) is 10.6 Å². The van der Waals surface area contributed by atoms with Crippen LogP contribution < -0.4 is 10.6 Å². The number of rotatable bonds is 5. The molecule has 0 bridgehead atoms. The van der Waals surface area contributed by atoms with Gasteiger partial charge in [-0.05, 0) is 36.8 Å². The van der Waals surface area contributed by atoms with Crippen LogP contribution in [0.25, 0.3) is 0 Å². The molecule has 0 spiro atoms. The van der Waals surface area contributed by atoms with Crippen LogP contribution in [0, 0.1) is 0 Å². The van der Waals surface area contributed by atoms with Crippen LogP contribution in [0.4, 0.5) is 17.1 Å². The highest BCUT2D eigenvalue weighted by Crippen LogP contribution is 2.28. The summed E-state index contributed by atoms with van der Waals surface area (Å²) in [4.78, 5) is 0. The number of hydrogen-bond acceptors (Lipinski definition) is 2. The molecule has 0 fully saturated rings. The molecule has 110 valence electrons. The lowest BCUT2D eigenvalue weighted by molar-refractivity contribution is 0.885. The largest absolute Gasteiger partial charge is 0.377 e. The summed E-state index contributed by atoms with van der Waals surface area (Å²) < 4.78 is 0. The summed E-state index contributed by atoms with van der Waals surface area (Å²) in [6.07, 6.45) is 0. The Kier molecular flexibility index (Phi) is 4.40. The molecule has 0 amide bonds. The molecule has 0 aliphatic heterocycles. The lowest BCUT2D eigenvalue weighted by Gasteiger charge is -2.19. The van der Waals surface area contributed by atoms with Gasteiger partial charge in [0.2, 0.25) is 0 Å². The topological polar surface area (TPSA) is 24.1 Å². The third-order valence-electron chi connectivity index (χ3n) is 3.65. The Balaban J connectivity index is 1.79. The van der Waals surface area contributed by atoms with Gasteiger partial charge in [0, 0.05) is 11.7 Å². The van der Waals surface area contributed by atoms with Crippen molar-refractivity contribution in [1.29, 1.82) is 0 Å². The Morgan fingerprint density at radius 2 is 1.18 bits per heavy atom. The zero-order chi connectivity index (χ0) is 15.2. The molecule has 2 N–H and O–H groups in total. The van der Waals surface area contributed by atoms with Crippen molar-refractivity contribution in [3.05, 3.63) is 90.5 Å². The van der Waals surface area contributed by atoms with Gasteiger partial charge in [-0.15, -0.1) is 0 Å². The molecule has 1 atom stereocenters. The van der Waals surface area contributed by atoms with Crippen LogP contribution in [0.15, 0.2) is 84.9 Å². The summed E-state index contributed by atoms with van der Waals surface area (Å²) in [7, 11) is 0. The fourth-order valence-corrected chi connectivity index (χ4v) is 2.45. The molecule has 22 heavy (non-hydrogen) atoms. The van der Waals surface area contributed by atoms with Gasteiger partial charge in [0.05, 0.1) is 11.4 Å². The molecule has 0 unspecified atom stereocenters. The average Bonchev–Trinajstić information content (AvgIpc) is 2.58. The highest BCUT2D eigenvalue weighted by Gasteiger charge is 2.07. The van der Waals surface area contributed by atoms with Crippen molar-refractivity contribution in [3.8, 4) is 0 Å². The highest BCUT2D eigenvalue weighted by molar-refractivity contribution is 5.74. The second-order valence-corrected chi connectivity index (χ2v) is 5.31. The van der Waals surface area contributed by atoms with E-state index >= 15 is 0 Å². The Bertz CT molecular complexity index is 708. The minimum Gasteiger partial charge on any atom is -0.377 e. The molecule has 3 rings (SSSR count). The SMILES string of the molecule is C[C@H](Nc1ccccc1Nc1ccccc1)c1ccccc1. The normalized spacial score (nSPS) is 11.7. The van der Waals surface area contributed by atoms with Crippen LogP contribution in [0.1, 0.15) is 18.5 Å². The molecule has 0 heterocycles. The van der Waals surface area contributed by atoms with E-state index in [-0.39, 0.29) is 6.04 Å². The second-order valence-electron chi connectivity index (χ2n) is 5.31. The average molecular weight is 288 g/mol. The molecular weight excluding hydrogens is 268 g/mol. The molecule has 3 aromatic carbocycles. The number of hydrogen-bond donors (Lipinski definition) is 2. The summed E-state index contributed by atoms with van der Waals surface area (Å²) in [5.41, 5.74) is 4.54. The predicted octanol–water partition coefficient (Wildman–Crippen LogP) is 5.60. The van der Waals surface area contributed by atoms with Gasteiger partial charge >= 0.3 is 0 Å². The third-order valence-corrected chi connectivity index (χ3v) is 3.65. The number of anilines is 3. The van der Waals surface area contributed by atoms with Gasteiger partial charge in [0.25, 0.3) is 0 Å². The van der Waals surface area contributed by atoms with E-state index in [4.69, 9.17) is 0 Å². The molecule has 3 aromatic rings. The van der Waals surface area contributed by atoms with Crippen LogP contribution in [-0.4, -0.2) is 0 Å².